The molecule has 3 rings (SSSR count). The number of hydrogen-bond donors (Lipinski definition) is 2. The average molecular weight is 399 g/mol. The zero-order valence-corrected chi connectivity index (χ0v) is 16.4. The number of nitrogens with one attached hydrogen (secondary N) is 2. The van der Waals surface area contributed by atoms with Crippen LogP contribution in [0.3, 0.4) is 0 Å². The van der Waals surface area contributed by atoms with Crippen LogP contribution in [0.5, 0.6) is 11.5 Å². The standard InChI is InChI=1S/C20H22FN5O3/c1-4-26-11-15(9-24-26)25-18-6-5-16(10-23-18)29-12-14-7-13(20(27)22-2)8-17(28-3)19(14)21/h5-11H,4,12H2,1-3H3,(H,22,27)(H,23,25). The third kappa shape index (κ3) is 4.81. The van der Waals surface area contributed by atoms with Crippen molar-refractivity contribution in [1.29, 1.82) is 0 Å². The summed E-state index contributed by atoms with van der Waals surface area (Å²) in [7, 11) is 2.85. The van der Waals surface area contributed by atoms with Crippen LogP contribution in [0.25, 0.3) is 0 Å². The zero-order valence-electron chi connectivity index (χ0n) is 16.4. The Bertz CT molecular complexity index is 988. The molecule has 9 heteroatoms. The Kier molecular flexibility index (Phi) is 6.28. The summed E-state index contributed by atoms with van der Waals surface area (Å²) in [5.74, 6) is 0.161. The molecule has 2 N–H and O–H groups in total. The Morgan fingerprint density at radius 1 is 1.28 bits per heavy atom. The van der Waals surface area contributed by atoms with Crippen molar-refractivity contribution in [3.05, 3.63) is 59.8 Å². The van der Waals surface area contributed by atoms with Gasteiger partial charge in [0.05, 0.1) is 25.2 Å². The van der Waals surface area contributed by atoms with Crippen LogP contribution in [0.1, 0.15) is 22.8 Å². The lowest BCUT2D eigenvalue weighted by atomic mass is 10.1. The Morgan fingerprint density at radius 3 is 2.72 bits per heavy atom. The van der Waals surface area contributed by atoms with Crippen molar-refractivity contribution < 1.29 is 18.7 Å². The van der Waals surface area contributed by atoms with E-state index in [0.29, 0.717) is 11.6 Å². The van der Waals surface area contributed by atoms with Crippen LogP contribution >= 0.6 is 0 Å². The molecule has 0 radical (unpaired) electrons. The van der Waals surface area contributed by atoms with Gasteiger partial charge in [0.1, 0.15) is 18.2 Å². The molecular weight excluding hydrogens is 377 g/mol. The molecule has 0 atom stereocenters. The minimum atomic E-state index is -0.570. The van der Waals surface area contributed by atoms with E-state index in [9.17, 15) is 9.18 Å². The van der Waals surface area contributed by atoms with Crippen LogP contribution in [0.2, 0.25) is 0 Å². The first kappa shape index (κ1) is 20.1. The summed E-state index contributed by atoms with van der Waals surface area (Å²) in [5, 5.41) is 9.83. The molecule has 0 fully saturated rings. The lowest BCUT2D eigenvalue weighted by Crippen LogP contribution is -2.18. The molecule has 29 heavy (non-hydrogen) atoms. The first-order valence-electron chi connectivity index (χ1n) is 9.00. The Balaban J connectivity index is 1.68. The number of nitrogens with zero attached hydrogens (tertiary/aromatic N) is 3. The van der Waals surface area contributed by atoms with Crippen molar-refractivity contribution in [2.75, 3.05) is 19.5 Å². The molecule has 2 aromatic heterocycles. The van der Waals surface area contributed by atoms with Gasteiger partial charge in [-0.15, -0.1) is 0 Å². The van der Waals surface area contributed by atoms with Crippen LogP contribution in [-0.2, 0) is 13.2 Å². The molecule has 0 aliphatic heterocycles. The molecule has 0 aliphatic carbocycles. The Morgan fingerprint density at radius 2 is 2.10 bits per heavy atom. The maximum Gasteiger partial charge on any atom is 0.251 e. The van der Waals surface area contributed by atoms with E-state index in [1.807, 2.05) is 13.1 Å². The number of halogens is 1. The van der Waals surface area contributed by atoms with E-state index in [2.05, 4.69) is 20.7 Å². The molecule has 0 saturated carbocycles. The van der Waals surface area contributed by atoms with E-state index in [4.69, 9.17) is 9.47 Å². The molecule has 0 bridgehead atoms. The number of methoxy groups -OCH3 is 1. The number of ether oxygens (including phenoxy) is 2. The van der Waals surface area contributed by atoms with Gasteiger partial charge >= 0.3 is 0 Å². The van der Waals surface area contributed by atoms with Gasteiger partial charge in [0.15, 0.2) is 11.6 Å². The third-order valence-electron chi connectivity index (χ3n) is 4.18. The Labute approximate surface area is 167 Å². The molecule has 0 saturated heterocycles. The van der Waals surface area contributed by atoms with Crippen LogP contribution in [0.4, 0.5) is 15.9 Å². The summed E-state index contributed by atoms with van der Waals surface area (Å²) in [5.41, 5.74) is 1.32. The highest BCUT2D eigenvalue weighted by molar-refractivity contribution is 5.94. The van der Waals surface area contributed by atoms with Crippen LogP contribution in [-0.4, -0.2) is 34.8 Å². The van der Waals surface area contributed by atoms with Crippen molar-refractivity contribution in [1.82, 2.24) is 20.1 Å². The maximum absolute atomic E-state index is 14.5. The van der Waals surface area contributed by atoms with Gasteiger partial charge in [0.25, 0.3) is 5.91 Å². The number of rotatable bonds is 8. The molecule has 0 spiro atoms. The molecule has 0 unspecified atom stereocenters. The van der Waals surface area contributed by atoms with Gasteiger partial charge in [-0.3, -0.25) is 9.48 Å². The summed E-state index contributed by atoms with van der Waals surface area (Å²) in [6, 6.07) is 6.25. The fourth-order valence-electron chi connectivity index (χ4n) is 2.63. The molecule has 2 heterocycles. The number of anilines is 2. The first-order chi connectivity index (χ1) is 14.0. The van der Waals surface area contributed by atoms with E-state index in [0.717, 1.165) is 12.2 Å². The van der Waals surface area contributed by atoms with Crippen LogP contribution < -0.4 is 20.1 Å². The number of benzene rings is 1. The number of pyridine rings is 1. The van der Waals surface area contributed by atoms with Crippen molar-refractivity contribution >= 4 is 17.4 Å². The predicted molar refractivity (Wildman–Crippen MR) is 106 cm³/mol. The third-order valence-corrected chi connectivity index (χ3v) is 4.18. The minimum Gasteiger partial charge on any atom is -0.494 e. The van der Waals surface area contributed by atoms with E-state index >= 15 is 0 Å². The zero-order chi connectivity index (χ0) is 20.8. The summed E-state index contributed by atoms with van der Waals surface area (Å²) < 4.78 is 26.9. The van der Waals surface area contributed by atoms with Crippen molar-refractivity contribution in [3.63, 3.8) is 0 Å². The quantitative estimate of drug-likeness (QED) is 0.605. The molecule has 1 aromatic carbocycles. The van der Waals surface area contributed by atoms with E-state index in [1.54, 1.807) is 23.0 Å². The lowest BCUT2D eigenvalue weighted by molar-refractivity contribution is 0.0962. The van der Waals surface area contributed by atoms with E-state index < -0.39 is 5.82 Å². The monoisotopic (exact) mass is 399 g/mol. The van der Waals surface area contributed by atoms with Gasteiger partial charge < -0.3 is 20.1 Å². The highest BCUT2D eigenvalue weighted by Crippen LogP contribution is 2.25. The normalized spacial score (nSPS) is 10.5. The van der Waals surface area contributed by atoms with Gasteiger partial charge in [-0.05, 0) is 31.2 Å². The second-order valence-corrected chi connectivity index (χ2v) is 6.11. The highest BCUT2D eigenvalue weighted by Gasteiger charge is 2.15. The molecule has 152 valence electrons. The summed E-state index contributed by atoms with van der Waals surface area (Å²) in [4.78, 5) is 16.2. The number of carbonyl (C=O) groups excluding carboxylic acids is 1. The fourth-order valence-corrected chi connectivity index (χ4v) is 2.63. The highest BCUT2D eigenvalue weighted by atomic mass is 19.1. The van der Waals surface area contributed by atoms with Gasteiger partial charge in [-0.2, -0.15) is 5.10 Å². The number of aromatic nitrogens is 3. The number of hydrogen-bond acceptors (Lipinski definition) is 6. The van der Waals surface area contributed by atoms with E-state index in [1.165, 1.54) is 32.5 Å². The maximum atomic E-state index is 14.5. The molecule has 3 aromatic rings. The topological polar surface area (TPSA) is 90.3 Å². The predicted octanol–water partition coefficient (Wildman–Crippen LogP) is 3.13. The lowest BCUT2D eigenvalue weighted by Gasteiger charge is -2.12. The first-order valence-corrected chi connectivity index (χ1v) is 9.00. The van der Waals surface area contributed by atoms with Crippen molar-refractivity contribution in [2.24, 2.45) is 0 Å². The summed E-state index contributed by atoms with van der Waals surface area (Å²) in [6.07, 6.45) is 5.12. The molecule has 8 nitrogen and oxygen atoms in total. The fraction of sp³-hybridized carbons (Fsp3) is 0.250. The number of carbonyl (C=O) groups is 1. The van der Waals surface area contributed by atoms with Gasteiger partial charge in [0.2, 0.25) is 0 Å². The number of aryl methyl sites for hydroxylation is 1. The summed E-state index contributed by atoms with van der Waals surface area (Å²) in [6.45, 7) is 2.71. The number of amides is 1. The van der Waals surface area contributed by atoms with Crippen molar-refractivity contribution in [2.45, 2.75) is 20.1 Å². The smallest absolute Gasteiger partial charge is 0.251 e. The van der Waals surface area contributed by atoms with Crippen LogP contribution in [0.15, 0.2) is 42.9 Å². The second-order valence-electron chi connectivity index (χ2n) is 6.11. The molecule has 1 amide bonds. The molecule has 0 aliphatic rings. The van der Waals surface area contributed by atoms with Crippen LogP contribution in [0, 0.1) is 5.82 Å². The van der Waals surface area contributed by atoms with Gasteiger partial charge in [0, 0.05) is 30.9 Å². The minimum absolute atomic E-state index is 0.0185. The largest absolute Gasteiger partial charge is 0.494 e. The second kappa shape index (κ2) is 9.05. The summed E-state index contributed by atoms with van der Waals surface area (Å²) >= 11 is 0. The average Bonchev–Trinajstić information content (AvgIpc) is 3.21. The van der Waals surface area contributed by atoms with Crippen molar-refractivity contribution in [3.8, 4) is 11.5 Å². The Hall–Kier alpha value is -3.62. The SMILES string of the molecule is CCn1cc(Nc2ccc(OCc3cc(C(=O)NC)cc(OC)c3F)cn2)cn1. The van der Waals surface area contributed by atoms with Gasteiger partial charge in [-0.25, -0.2) is 9.37 Å². The van der Waals surface area contributed by atoms with Gasteiger partial charge in [-0.1, -0.05) is 0 Å². The van der Waals surface area contributed by atoms with E-state index in [-0.39, 0.29) is 29.4 Å². The molecular formula is C20H22FN5O3.